The van der Waals surface area contributed by atoms with Crippen LogP contribution in [0.5, 0.6) is 5.75 Å². The quantitative estimate of drug-likeness (QED) is 0.569. The van der Waals surface area contributed by atoms with Crippen LogP contribution >= 0.6 is 0 Å². The van der Waals surface area contributed by atoms with Crippen molar-refractivity contribution in [3.05, 3.63) is 60.2 Å². The maximum atomic E-state index is 13.5. The molecule has 1 aliphatic rings. The van der Waals surface area contributed by atoms with Gasteiger partial charge in [0.2, 0.25) is 10.0 Å². The zero-order valence-electron chi connectivity index (χ0n) is 16.8. The van der Waals surface area contributed by atoms with Crippen LogP contribution in [0.15, 0.2) is 59.5 Å². The third-order valence-electron chi connectivity index (χ3n) is 5.26. The number of ether oxygens (including phenoxy) is 1. The van der Waals surface area contributed by atoms with E-state index in [1.807, 2.05) is 30.3 Å². The minimum absolute atomic E-state index is 0.138. The highest BCUT2D eigenvalue weighted by molar-refractivity contribution is 7.89. The van der Waals surface area contributed by atoms with Crippen molar-refractivity contribution in [3.63, 3.8) is 0 Å². The summed E-state index contributed by atoms with van der Waals surface area (Å²) < 4.78 is 33.5. The summed E-state index contributed by atoms with van der Waals surface area (Å²) >= 11 is 0. The van der Waals surface area contributed by atoms with Crippen molar-refractivity contribution in [2.45, 2.75) is 43.2 Å². The summed E-state index contributed by atoms with van der Waals surface area (Å²) in [5.74, 6) is 2.42. The van der Waals surface area contributed by atoms with Crippen LogP contribution in [0.4, 0.5) is 0 Å². The van der Waals surface area contributed by atoms with Crippen LogP contribution in [0, 0.1) is 5.92 Å². The van der Waals surface area contributed by atoms with E-state index in [1.165, 1.54) is 23.5 Å². The van der Waals surface area contributed by atoms with Crippen molar-refractivity contribution in [3.8, 4) is 5.75 Å². The molecule has 1 saturated carbocycles. The van der Waals surface area contributed by atoms with E-state index >= 15 is 0 Å². The minimum Gasteiger partial charge on any atom is -0.497 e. The Labute approximate surface area is 176 Å². The van der Waals surface area contributed by atoms with Crippen LogP contribution in [0.1, 0.15) is 31.2 Å². The fourth-order valence-corrected chi connectivity index (χ4v) is 5.45. The SMILES string of the molecule is COc1ccc(S(=O)(=O)N(Cc2ccccc2)[C@@H]2CCCC[C@@H]2C(=O)O)cc1.NO. The van der Waals surface area contributed by atoms with Gasteiger partial charge in [-0.25, -0.2) is 14.3 Å². The molecule has 0 unspecified atom stereocenters. The van der Waals surface area contributed by atoms with Crippen LogP contribution in [-0.2, 0) is 21.4 Å². The number of carbonyl (C=O) groups is 1. The molecule has 8 nitrogen and oxygen atoms in total. The van der Waals surface area contributed by atoms with Gasteiger partial charge in [-0.3, -0.25) is 4.79 Å². The Hall–Kier alpha value is -2.46. The number of benzene rings is 2. The molecule has 0 bridgehead atoms. The number of nitrogens with zero attached hydrogens (tertiary/aromatic N) is 1. The van der Waals surface area contributed by atoms with Crippen LogP contribution < -0.4 is 10.6 Å². The molecule has 164 valence electrons. The fraction of sp³-hybridized carbons (Fsp3) is 0.381. The standard InChI is InChI=1S/C21H25NO5S.H3NO/c1-27-17-11-13-18(14-12-17)28(25,26)22(15-16-7-3-2-4-8-16)20-10-6-5-9-19(20)21(23)24;1-2/h2-4,7-8,11-14,19-20H,5-6,9-10,15H2,1H3,(H,23,24);2H,1H2/t19-,20+;/m0./s1. The molecule has 2 aromatic carbocycles. The van der Waals surface area contributed by atoms with Crippen molar-refractivity contribution in [2.75, 3.05) is 7.11 Å². The van der Waals surface area contributed by atoms with E-state index < -0.39 is 28.0 Å². The number of carboxylic acids is 1. The summed E-state index contributed by atoms with van der Waals surface area (Å²) in [4.78, 5) is 12.0. The molecule has 0 radical (unpaired) electrons. The molecule has 30 heavy (non-hydrogen) atoms. The summed E-state index contributed by atoms with van der Waals surface area (Å²) in [5.41, 5.74) is 0.828. The number of aliphatic carboxylic acids is 1. The number of methoxy groups -OCH3 is 1. The lowest BCUT2D eigenvalue weighted by Crippen LogP contribution is -2.47. The summed E-state index contributed by atoms with van der Waals surface area (Å²) in [6.07, 6.45) is 2.65. The van der Waals surface area contributed by atoms with Crippen molar-refractivity contribution in [2.24, 2.45) is 11.8 Å². The molecule has 1 fully saturated rings. The second-order valence-corrected chi connectivity index (χ2v) is 8.90. The highest BCUT2D eigenvalue weighted by atomic mass is 32.2. The summed E-state index contributed by atoms with van der Waals surface area (Å²) in [7, 11) is -2.36. The normalized spacial score (nSPS) is 18.9. The van der Waals surface area contributed by atoms with E-state index in [9.17, 15) is 18.3 Å². The van der Waals surface area contributed by atoms with Gasteiger partial charge in [0.05, 0.1) is 17.9 Å². The molecule has 4 N–H and O–H groups in total. The Morgan fingerprint density at radius 2 is 1.67 bits per heavy atom. The Bertz CT molecular complexity index is 903. The van der Waals surface area contributed by atoms with Crippen molar-refractivity contribution in [1.29, 1.82) is 0 Å². The van der Waals surface area contributed by atoms with Crippen LogP contribution in [0.2, 0.25) is 0 Å². The van der Waals surface area contributed by atoms with E-state index in [0.29, 0.717) is 18.6 Å². The molecular formula is C21H28N2O6S. The number of rotatable bonds is 7. The highest BCUT2D eigenvalue weighted by Gasteiger charge is 2.40. The molecule has 0 saturated heterocycles. The van der Waals surface area contributed by atoms with Gasteiger partial charge in [-0.2, -0.15) is 4.31 Å². The van der Waals surface area contributed by atoms with E-state index in [4.69, 9.17) is 9.94 Å². The largest absolute Gasteiger partial charge is 0.497 e. The zero-order valence-corrected chi connectivity index (χ0v) is 17.7. The Kier molecular flexibility index (Phi) is 8.79. The third-order valence-corrected chi connectivity index (χ3v) is 7.15. The van der Waals surface area contributed by atoms with Gasteiger partial charge in [-0.05, 0) is 42.7 Å². The molecule has 2 aromatic rings. The molecule has 0 heterocycles. The molecule has 2 atom stereocenters. The Morgan fingerprint density at radius 1 is 1.07 bits per heavy atom. The average Bonchev–Trinajstić information content (AvgIpc) is 2.79. The van der Waals surface area contributed by atoms with E-state index in [-0.39, 0.29) is 11.4 Å². The minimum atomic E-state index is -3.88. The fourth-order valence-electron chi connectivity index (χ4n) is 3.77. The number of hydrogen-bond donors (Lipinski definition) is 3. The summed E-state index contributed by atoms with van der Waals surface area (Å²) in [6.45, 7) is 0.143. The molecule has 9 heteroatoms. The lowest BCUT2D eigenvalue weighted by atomic mass is 9.84. The van der Waals surface area contributed by atoms with Crippen LogP contribution in [-0.4, -0.2) is 42.2 Å². The van der Waals surface area contributed by atoms with Gasteiger partial charge in [0.15, 0.2) is 0 Å². The monoisotopic (exact) mass is 436 g/mol. The van der Waals surface area contributed by atoms with Gasteiger partial charge >= 0.3 is 5.97 Å². The number of carboxylic acid groups (broad SMARTS) is 1. The first-order valence-electron chi connectivity index (χ1n) is 9.62. The van der Waals surface area contributed by atoms with E-state index in [2.05, 4.69) is 5.90 Å². The second kappa shape index (κ2) is 11.1. The van der Waals surface area contributed by atoms with Crippen molar-refractivity contribution in [1.82, 2.24) is 4.31 Å². The van der Waals surface area contributed by atoms with Crippen LogP contribution in [0.25, 0.3) is 0 Å². The number of hydrogen-bond acceptors (Lipinski definition) is 6. The highest BCUT2D eigenvalue weighted by Crippen LogP contribution is 2.34. The lowest BCUT2D eigenvalue weighted by Gasteiger charge is -2.37. The van der Waals surface area contributed by atoms with Gasteiger partial charge in [0, 0.05) is 12.6 Å². The molecule has 0 spiro atoms. The zero-order chi connectivity index (χ0) is 22.1. The van der Waals surface area contributed by atoms with Gasteiger partial charge < -0.3 is 15.1 Å². The predicted molar refractivity (Wildman–Crippen MR) is 112 cm³/mol. The Morgan fingerprint density at radius 3 is 2.23 bits per heavy atom. The molecule has 1 aliphatic carbocycles. The predicted octanol–water partition coefficient (Wildman–Crippen LogP) is 2.86. The molecule has 0 amide bonds. The van der Waals surface area contributed by atoms with Crippen molar-refractivity contribution < 1.29 is 28.3 Å². The van der Waals surface area contributed by atoms with E-state index in [0.717, 1.165) is 18.4 Å². The smallest absolute Gasteiger partial charge is 0.308 e. The topological polar surface area (TPSA) is 130 Å². The summed E-state index contributed by atoms with van der Waals surface area (Å²) in [6, 6.07) is 14.9. The molecule has 0 aromatic heterocycles. The Balaban J connectivity index is 0.00000155. The van der Waals surface area contributed by atoms with Gasteiger partial charge in [0.1, 0.15) is 5.75 Å². The number of nitrogens with two attached hydrogens (primary N) is 1. The maximum Gasteiger partial charge on any atom is 0.308 e. The van der Waals surface area contributed by atoms with Crippen LogP contribution in [0.3, 0.4) is 0 Å². The first-order chi connectivity index (χ1) is 14.4. The molecule has 0 aliphatic heterocycles. The van der Waals surface area contributed by atoms with Gasteiger partial charge in [-0.15, -0.1) is 0 Å². The van der Waals surface area contributed by atoms with Gasteiger partial charge in [0.25, 0.3) is 0 Å². The van der Waals surface area contributed by atoms with E-state index in [1.54, 1.807) is 12.1 Å². The first-order valence-corrected chi connectivity index (χ1v) is 11.1. The first kappa shape index (κ1) is 23.8. The third kappa shape index (κ3) is 5.57. The van der Waals surface area contributed by atoms with Crippen molar-refractivity contribution >= 4 is 16.0 Å². The lowest BCUT2D eigenvalue weighted by molar-refractivity contribution is -0.144. The van der Waals surface area contributed by atoms with Gasteiger partial charge in [-0.1, -0.05) is 43.2 Å². The average molecular weight is 437 g/mol. The summed E-state index contributed by atoms with van der Waals surface area (Å²) in [5, 5.41) is 16.2. The second-order valence-electron chi connectivity index (χ2n) is 7.01. The molecular weight excluding hydrogens is 408 g/mol. The maximum absolute atomic E-state index is 13.5. The molecule has 3 rings (SSSR count). The number of sulfonamides is 1.